The molecule has 0 aliphatic rings. The second-order valence-electron chi connectivity index (χ2n) is 5.10. The van der Waals surface area contributed by atoms with Gasteiger partial charge in [0.1, 0.15) is 11.0 Å². The Balaban J connectivity index is 2.90. The summed E-state index contributed by atoms with van der Waals surface area (Å²) >= 11 is 7.84. The Morgan fingerprint density at radius 1 is 1.31 bits per heavy atom. The fourth-order valence-electron chi connectivity index (χ4n) is 1.15. The van der Waals surface area contributed by atoms with Crippen LogP contribution in [0, 0.1) is 0 Å². The Kier molecular flexibility index (Phi) is 4.62. The van der Waals surface area contributed by atoms with Gasteiger partial charge in [0, 0.05) is 5.41 Å². The molecule has 0 amide bonds. The average molecular weight is 259 g/mol. The zero-order chi connectivity index (χ0) is 12.3. The smallest absolute Gasteiger partial charge is 0.140 e. The molecule has 0 spiro atoms. The Bertz CT molecular complexity index is 359. The fourth-order valence-corrected chi connectivity index (χ4v) is 1.97. The van der Waals surface area contributed by atoms with Crippen LogP contribution in [0.5, 0.6) is 0 Å². The topological polar surface area (TPSA) is 25.8 Å². The van der Waals surface area contributed by atoms with Crippen molar-refractivity contribution in [3.8, 4) is 0 Å². The number of hydrogen-bond donors (Lipinski definition) is 0. The van der Waals surface area contributed by atoms with Gasteiger partial charge >= 0.3 is 0 Å². The molecule has 4 heteroatoms. The van der Waals surface area contributed by atoms with Gasteiger partial charge in [0.2, 0.25) is 0 Å². The zero-order valence-corrected chi connectivity index (χ0v) is 12.1. The number of thioether (sulfide) groups is 1. The van der Waals surface area contributed by atoms with Crippen LogP contribution < -0.4 is 0 Å². The third-order valence-electron chi connectivity index (χ3n) is 2.06. The third kappa shape index (κ3) is 4.30. The van der Waals surface area contributed by atoms with Crippen LogP contribution in [-0.4, -0.2) is 15.2 Å². The van der Waals surface area contributed by atoms with Crippen LogP contribution in [0.2, 0.25) is 5.15 Å². The Labute approximate surface area is 107 Å². The maximum atomic E-state index is 6.01. The molecule has 1 heterocycles. The Morgan fingerprint density at radius 2 is 1.94 bits per heavy atom. The Morgan fingerprint density at radius 3 is 2.44 bits per heavy atom. The number of rotatable bonds is 3. The van der Waals surface area contributed by atoms with Gasteiger partial charge in [-0.1, -0.05) is 46.2 Å². The summed E-state index contributed by atoms with van der Waals surface area (Å²) in [6, 6.07) is 1.85. The molecule has 0 unspecified atom stereocenters. The van der Waals surface area contributed by atoms with Gasteiger partial charge in [0.15, 0.2) is 0 Å². The maximum absolute atomic E-state index is 6.01. The molecule has 2 nitrogen and oxygen atoms in total. The lowest BCUT2D eigenvalue weighted by atomic mass is 9.92. The molecule has 0 aliphatic carbocycles. The van der Waals surface area contributed by atoms with E-state index in [-0.39, 0.29) is 5.41 Å². The minimum Gasteiger partial charge on any atom is -0.236 e. The first-order chi connectivity index (χ1) is 7.29. The van der Waals surface area contributed by atoms with Crippen molar-refractivity contribution in [2.45, 2.75) is 51.0 Å². The highest BCUT2D eigenvalue weighted by Gasteiger charge is 2.17. The van der Waals surface area contributed by atoms with Gasteiger partial charge in [-0.05, 0) is 11.3 Å². The largest absolute Gasteiger partial charge is 0.236 e. The van der Waals surface area contributed by atoms with Gasteiger partial charge in [-0.3, -0.25) is 0 Å². The van der Waals surface area contributed by atoms with Crippen LogP contribution >= 0.6 is 23.4 Å². The van der Waals surface area contributed by atoms with Crippen molar-refractivity contribution in [2.24, 2.45) is 0 Å². The number of hydrogen-bond acceptors (Lipinski definition) is 3. The van der Waals surface area contributed by atoms with E-state index in [1.807, 2.05) is 17.8 Å². The van der Waals surface area contributed by atoms with Crippen molar-refractivity contribution in [2.75, 3.05) is 0 Å². The fraction of sp³-hybridized carbons (Fsp3) is 0.667. The summed E-state index contributed by atoms with van der Waals surface area (Å²) in [5.74, 6) is 1.65. The van der Waals surface area contributed by atoms with E-state index in [1.54, 1.807) is 0 Å². The second-order valence-corrected chi connectivity index (χ2v) is 7.05. The summed E-state index contributed by atoms with van der Waals surface area (Å²) in [5.41, 5.74) is 1.02. The summed E-state index contributed by atoms with van der Waals surface area (Å²) in [4.78, 5) is 8.81. The number of halogens is 1. The molecule has 0 saturated heterocycles. The molecule has 0 aliphatic heterocycles. The summed E-state index contributed by atoms with van der Waals surface area (Å²) in [5, 5.41) is 1.12. The molecule has 16 heavy (non-hydrogen) atoms. The van der Waals surface area contributed by atoms with Crippen LogP contribution in [0.15, 0.2) is 6.07 Å². The normalized spacial score (nSPS) is 12.2. The minimum absolute atomic E-state index is 0.0177. The van der Waals surface area contributed by atoms with Crippen LogP contribution in [0.3, 0.4) is 0 Å². The SMILES string of the molecule is CC(C)SCc1nc(Cl)cc(C(C)(C)C)n1. The number of nitrogens with zero attached hydrogens (tertiary/aromatic N) is 2. The monoisotopic (exact) mass is 258 g/mol. The van der Waals surface area contributed by atoms with E-state index in [2.05, 4.69) is 44.6 Å². The molecule has 1 aromatic rings. The third-order valence-corrected chi connectivity index (χ3v) is 3.34. The first kappa shape index (κ1) is 13.8. The highest BCUT2D eigenvalue weighted by Crippen LogP contribution is 2.24. The van der Waals surface area contributed by atoms with Crippen LogP contribution in [0.25, 0.3) is 0 Å². The van der Waals surface area contributed by atoms with Gasteiger partial charge in [-0.15, -0.1) is 0 Å². The lowest BCUT2D eigenvalue weighted by molar-refractivity contribution is 0.564. The van der Waals surface area contributed by atoms with E-state index in [9.17, 15) is 0 Å². The van der Waals surface area contributed by atoms with E-state index in [0.29, 0.717) is 10.4 Å². The van der Waals surface area contributed by atoms with Crippen molar-refractivity contribution in [3.05, 3.63) is 22.7 Å². The molecule has 0 radical (unpaired) electrons. The van der Waals surface area contributed by atoms with Crippen molar-refractivity contribution in [3.63, 3.8) is 0 Å². The predicted octanol–water partition coefficient (Wildman–Crippen LogP) is 4.07. The summed E-state index contributed by atoms with van der Waals surface area (Å²) in [7, 11) is 0. The van der Waals surface area contributed by atoms with E-state index in [1.165, 1.54) is 0 Å². The van der Waals surface area contributed by atoms with Gasteiger partial charge in [0.25, 0.3) is 0 Å². The van der Waals surface area contributed by atoms with Crippen LogP contribution in [0.4, 0.5) is 0 Å². The Hall–Kier alpha value is -0.280. The van der Waals surface area contributed by atoms with Crippen molar-refractivity contribution < 1.29 is 0 Å². The average Bonchev–Trinajstić information content (AvgIpc) is 2.12. The van der Waals surface area contributed by atoms with Crippen molar-refractivity contribution in [1.82, 2.24) is 9.97 Å². The zero-order valence-electron chi connectivity index (χ0n) is 10.5. The molecular weight excluding hydrogens is 240 g/mol. The van der Waals surface area contributed by atoms with Crippen molar-refractivity contribution >= 4 is 23.4 Å². The minimum atomic E-state index is 0.0177. The standard InChI is InChI=1S/C12H19ClN2S/c1-8(2)16-7-11-14-9(12(3,4)5)6-10(13)15-11/h6,8H,7H2,1-5H3. The van der Waals surface area contributed by atoms with Crippen LogP contribution in [0.1, 0.15) is 46.1 Å². The summed E-state index contributed by atoms with van der Waals surface area (Å²) in [6.07, 6.45) is 0. The molecule has 1 aromatic heterocycles. The first-order valence-electron chi connectivity index (χ1n) is 5.44. The maximum Gasteiger partial charge on any atom is 0.140 e. The molecular formula is C12H19ClN2S. The molecule has 0 N–H and O–H groups in total. The molecule has 0 saturated carbocycles. The first-order valence-corrected chi connectivity index (χ1v) is 6.87. The quantitative estimate of drug-likeness (QED) is 0.765. The van der Waals surface area contributed by atoms with Gasteiger partial charge < -0.3 is 0 Å². The van der Waals surface area contributed by atoms with Crippen LogP contribution in [-0.2, 0) is 11.2 Å². The van der Waals surface area contributed by atoms with Gasteiger partial charge in [0.05, 0.1) is 11.4 Å². The highest BCUT2D eigenvalue weighted by atomic mass is 35.5. The van der Waals surface area contributed by atoms with Gasteiger partial charge in [-0.25, -0.2) is 9.97 Å². The molecule has 0 bridgehead atoms. The van der Waals surface area contributed by atoms with E-state index >= 15 is 0 Å². The molecule has 1 rings (SSSR count). The summed E-state index contributed by atoms with van der Waals surface area (Å²) in [6.45, 7) is 10.7. The number of aromatic nitrogens is 2. The van der Waals surface area contributed by atoms with Gasteiger partial charge in [-0.2, -0.15) is 11.8 Å². The second kappa shape index (κ2) is 5.37. The molecule has 90 valence electrons. The highest BCUT2D eigenvalue weighted by molar-refractivity contribution is 7.99. The lowest BCUT2D eigenvalue weighted by Crippen LogP contribution is -2.15. The molecule has 0 atom stereocenters. The van der Waals surface area contributed by atoms with E-state index < -0.39 is 0 Å². The van der Waals surface area contributed by atoms with E-state index in [4.69, 9.17) is 11.6 Å². The van der Waals surface area contributed by atoms with Crippen molar-refractivity contribution in [1.29, 1.82) is 0 Å². The molecule has 0 aromatic carbocycles. The lowest BCUT2D eigenvalue weighted by Gasteiger charge is -2.18. The van der Waals surface area contributed by atoms with E-state index in [0.717, 1.165) is 17.3 Å². The summed E-state index contributed by atoms with van der Waals surface area (Å²) < 4.78 is 0. The predicted molar refractivity (Wildman–Crippen MR) is 72.2 cm³/mol. The molecule has 0 fully saturated rings.